The second-order valence-corrected chi connectivity index (χ2v) is 4.61. The van der Waals surface area contributed by atoms with Gasteiger partial charge in [-0.2, -0.15) is 0 Å². The Balaban J connectivity index is 2.15. The van der Waals surface area contributed by atoms with E-state index in [-0.39, 0.29) is 5.56 Å². The highest BCUT2D eigenvalue weighted by atomic mass is 32.2. The van der Waals surface area contributed by atoms with Crippen LogP contribution < -0.4 is 4.74 Å². The fraction of sp³-hybridized carbons (Fsp3) is 0.0769. The number of pyridine rings is 1. The summed E-state index contributed by atoms with van der Waals surface area (Å²) >= 11 is 1.52. The Kier molecular flexibility index (Phi) is 3.84. The van der Waals surface area contributed by atoms with Gasteiger partial charge >= 0.3 is 5.97 Å². The van der Waals surface area contributed by atoms with E-state index in [1.807, 2.05) is 12.1 Å². The maximum atomic E-state index is 10.7. The van der Waals surface area contributed by atoms with Crippen LogP contribution in [-0.4, -0.2) is 23.2 Å². The van der Waals surface area contributed by atoms with Crippen molar-refractivity contribution in [2.24, 2.45) is 0 Å². The van der Waals surface area contributed by atoms with E-state index in [9.17, 15) is 4.79 Å². The molecular weight excluding hydrogens is 250 g/mol. The highest BCUT2D eigenvalue weighted by molar-refractivity contribution is 7.99. The van der Waals surface area contributed by atoms with Gasteiger partial charge in [0.05, 0.1) is 12.7 Å². The Morgan fingerprint density at radius 2 is 1.94 bits per heavy atom. The predicted octanol–water partition coefficient (Wildman–Crippen LogP) is 2.94. The van der Waals surface area contributed by atoms with E-state index in [4.69, 9.17) is 9.84 Å². The fourth-order valence-electron chi connectivity index (χ4n) is 1.37. The third kappa shape index (κ3) is 3.01. The van der Waals surface area contributed by atoms with Crippen LogP contribution in [0.2, 0.25) is 0 Å². The number of aromatic nitrogens is 1. The summed E-state index contributed by atoms with van der Waals surface area (Å²) in [5.74, 6) is -0.362. The number of aromatic carboxylic acids is 1. The standard InChI is InChI=1S/C13H11NO3S/c1-17-12-8-11(6-7-14-12)18-10-4-2-9(3-5-10)13(15)16/h2-8H,1H3,(H,15,16). The molecule has 0 atom stereocenters. The summed E-state index contributed by atoms with van der Waals surface area (Å²) < 4.78 is 5.04. The summed E-state index contributed by atoms with van der Waals surface area (Å²) in [6.45, 7) is 0. The van der Waals surface area contributed by atoms with E-state index < -0.39 is 5.97 Å². The monoisotopic (exact) mass is 261 g/mol. The SMILES string of the molecule is COc1cc(Sc2ccc(C(=O)O)cc2)ccn1. The summed E-state index contributed by atoms with van der Waals surface area (Å²) in [4.78, 5) is 16.7. The Labute approximate surface area is 109 Å². The number of hydrogen-bond acceptors (Lipinski definition) is 4. The molecule has 0 unspecified atom stereocenters. The molecule has 92 valence electrons. The molecule has 1 aromatic carbocycles. The molecule has 0 saturated heterocycles. The molecule has 0 aliphatic carbocycles. The summed E-state index contributed by atoms with van der Waals surface area (Å²) in [6, 6.07) is 10.4. The molecule has 2 rings (SSSR count). The van der Waals surface area contributed by atoms with Crippen LogP contribution in [0.1, 0.15) is 10.4 Å². The van der Waals surface area contributed by atoms with Crippen molar-refractivity contribution >= 4 is 17.7 Å². The Morgan fingerprint density at radius 3 is 2.56 bits per heavy atom. The minimum atomic E-state index is -0.919. The minimum Gasteiger partial charge on any atom is -0.481 e. The Bertz CT molecular complexity index is 554. The van der Waals surface area contributed by atoms with Gasteiger partial charge in [-0.25, -0.2) is 9.78 Å². The first-order valence-corrected chi connectivity index (χ1v) is 6.02. The lowest BCUT2D eigenvalue weighted by Crippen LogP contribution is -1.94. The molecule has 0 amide bonds. The molecule has 1 N–H and O–H groups in total. The smallest absolute Gasteiger partial charge is 0.335 e. The van der Waals surface area contributed by atoms with Crippen molar-refractivity contribution in [3.05, 3.63) is 48.2 Å². The normalized spacial score (nSPS) is 10.1. The lowest BCUT2D eigenvalue weighted by atomic mass is 10.2. The molecule has 1 heterocycles. The highest BCUT2D eigenvalue weighted by Gasteiger charge is 2.03. The maximum Gasteiger partial charge on any atom is 0.335 e. The minimum absolute atomic E-state index is 0.284. The number of benzene rings is 1. The first-order valence-electron chi connectivity index (χ1n) is 5.20. The third-order valence-corrected chi connectivity index (χ3v) is 3.25. The van der Waals surface area contributed by atoms with Crippen LogP contribution in [0.25, 0.3) is 0 Å². The highest BCUT2D eigenvalue weighted by Crippen LogP contribution is 2.29. The molecule has 4 nitrogen and oxygen atoms in total. The van der Waals surface area contributed by atoms with Gasteiger partial charge in [-0.1, -0.05) is 11.8 Å². The van der Waals surface area contributed by atoms with E-state index in [2.05, 4.69) is 4.98 Å². The fourth-order valence-corrected chi connectivity index (χ4v) is 2.20. The maximum absolute atomic E-state index is 10.7. The summed E-state index contributed by atoms with van der Waals surface area (Å²) in [6.07, 6.45) is 1.67. The molecule has 0 radical (unpaired) electrons. The molecule has 0 fully saturated rings. The Hall–Kier alpha value is -2.01. The van der Waals surface area contributed by atoms with Crippen LogP contribution in [0.15, 0.2) is 52.4 Å². The van der Waals surface area contributed by atoms with E-state index in [0.717, 1.165) is 9.79 Å². The first kappa shape index (κ1) is 12.4. The zero-order chi connectivity index (χ0) is 13.0. The second kappa shape index (κ2) is 5.55. The molecule has 0 aliphatic heterocycles. The van der Waals surface area contributed by atoms with Crippen molar-refractivity contribution in [2.45, 2.75) is 9.79 Å². The second-order valence-electron chi connectivity index (χ2n) is 3.47. The van der Waals surface area contributed by atoms with Gasteiger partial charge in [-0.15, -0.1) is 0 Å². The summed E-state index contributed by atoms with van der Waals surface area (Å²) in [7, 11) is 1.57. The van der Waals surface area contributed by atoms with Crippen LogP contribution in [0, 0.1) is 0 Å². The molecule has 0 aliphatic rings. The number of ether oxygens (including phenoxy) is 1. The van der Waals surface area contributed by atoms with E-state index in [0.29, 0.717) is 5.88 Å². The van der Waals surface area contributed by atoms with Gasteiger partial charge < -0.3 is 9.84 Å². The van der Waals surface area contributed by atoms with Gasteiger partial charge in [-0.05, 0) is 30.3 Å². The van der Waals surface area contributed by atoms with Crippen molar-refractivity contribution in [1.82, 2.24) is 4.98 Å². The molecule has 5 heteroatoms. The van der Waals surface area contributed by atoms with Crippen molar-refractivity contribution in [3.63, 3.8) is 0 Å². The topological polar surface area (TPSA) is 59.4 Å². The van der Waals surface area contributed by atoms with Crippen LogP contribution >= 0.6 is 11.8 Å². The van der Waals surface area contributed by atoms with Crippen molar-refractivity contribution < 1.29 is 14.6 Å². The van der Waals surface area contributed by atoms with Gasteiger partial charge in [0.15, 0.2) is 0 Å². The van der Waals surface area contributed by atoms with Gasteiger partial charge in [0.25, 0.3) is 0 Å². The average molecular weight is 261 g/mol. The van der Waals surface area contributed by atoms with Crippen molar-refractivity contribution in [3.8, 4) is 5.88 Å². The van der Waals surface area contributed by atoms with Crippen LogP contribution in [0.5, 0.6) is 5.88 Å². The first-order chi connectivity index (χ1) is 8.69. The van der Waals surface area contributed by atoms with Gasteiger partial charge in [0.2, 0.25) is 5.88 Å². The Morgan fingerprint density at radius 1 is 1.22 bits per heavy atom. The molecule has 2 aromatic rings. The van der Waals surface area contributed by atoms with E-state index in [1.165, 1.54) is 11.8 Å². The zero-order valence-corrected chi connectivity index (χ0v) is 10.5. The summed E-state index contributed by atoms with van der Waals surface area (Å²) in [5, 5.41) is 8.80. The molecule has 0 saturated carbocycles. The number of carboxylic acid groups (broad SMARTS) is 1. The average Bonchev–Trinajstić information content (AvgIpc) is 2.39. The number of carbonyl (C=O) groups is 1. The van der Waals surface area contributed by atoms with E-state index in [1.54, 1.807) is 37.6 Å². The zero-order valence-electron chi connectivity index (χ0n) is 9.66. The third-order valence-electron chi connectivity index (χ3n) is 2.25. The lowest BCUT2D eigenvalue weighted by Gasteiger charge is -2.03. The van der Waals surface area contributed by atoms with Crippen molar-refractivity contribution in [1.29, 1.82) is 0 Å². The summed E-state index contributed by atoms with van der Waals surface area (Å²) in [5.41, 5.74) is 0.284. The molecule has 18 heavy (non-hydrogen) atoms. The number of nitrogens with zero attached hydrogens (tertiary/aromatic N) is 1. The molecule has 1 aromatic heterocycles. The largest absolute Gasteiger partial charge is 0.481 e. The van der Waals surface area contributed by atoms with Crippen LogP contribution in [-0.2, 0) is 0 Å². The number of hydrogen-bond donors (Lipinski definition) is 1. The quantitative estimate of drug-likeness (QED) is 0.917. The number of rotatable bonds is 4. The number of carboxylic acids is 1. The number of methoxy groups -OCH3 is 1. The molecular formula is C13H11NO3S. The van der Waals surface area contributed by atoms with Gasteiger partial charge in [-0.3, -0.25) is 0 Å². The van der Waals surface area contributed by atoms with Gasteiger partial charge in [0, 0.05) is 22.1 Å². The van der Waals surface area contributed by atoms with Gasteiger partial charge in [0.1, 0.15) is 0 Å². The van der Waals surface area contributed by atoms with Crippen LogP contribution in [0.4, 0.5) is 0 Å². The van der Waals surface area contributed by atoms with Crippen LogP contribution in [0.3, 0.4) is 0 Å². The predicted molar refractivity (Wildman–Crippen MR) is 68.3 cm³/mol. The molecule has 0 spiro atoms. The van der Waals surface area contributed by atoms with E-state index >= 15 is 0 Å². The van der Waals surface area contributed by atoms with Crippen molar-refractivity contribution in [2.75, 3.05) is 7.11 Å². The molecule has 0 bridgehead atoms. The lowest BCUT2D eigenvalue weighted by molar-refractivity contribution is 0.0697.